The van der Waals surface area contributed by atoms with Crippen molar-refractivity contribution in [3.63, 3.8) is 0 Å². The Hall–Kier alpha value is -2.28. The Bertz CT molecular complexity index is 1370. The molecule has 1 fully saturated rings. The molecule has 5 rings (SSSR count). The van der Waals surface area contributed by atoms with E-state index >= 15 is 0 Å². The number of hydrogen-bond donors (Lipinski definition) is 1. The van der Waals surface area contributed by atoms with Gasteiger partial charge in [-0.05, 0) is 26.3 Å². The molecule has 5 heterocycles. The zero-order valence-electron chi connectivity index (χ0n) is 19.0. The first-order chi connectivity index (χ1) is 15.8. The van der Waals surface area contributed by atoms with Crippen molar-refractivity contribution < 1.29 is 13.2 Å². The fourth-order valence-electron chi connectivity index (χ4n) is 4.49. The van der Waals surface area contributed by atoms with E-state index < -0.39 is 10.0 Å². The lowest BCUT2D eigenvalue weighted by atomic mass is 10.1. The number of likely N-dealkylation sites (N-methyl/N-ethyl adjacent to an activating group) is 1. The van der Waals surface area contributed by atoms with Crippen molar-refractivity contribution in [1.29, 1.82) is 0 Å². The van der Waals surface area contributed by atoms with Crippen molar-refractivity contribution >= 4 is 32.4 Å². The number of aryl methyl sites for hydroxylation is 2. The second-order valence-corrected chi connectivity index (χ2v) is 11.8. The summed E-state index contributed by atoms with van der Waals surface area (Å²) in [4.78, 5) is 23.2. The van der Waals surface area contributed by atoms with E-state index in [2.05, 4.69) is 15.0 Å². The number of fused-ring (bicyclic) bond motifs is 2. The van der Waals surface area contributed by atoms with Crippen LogP contribution in [0.2, 0.25) is 0 Å². The van der Waals surface area contributed by atoms with E-state index in [1.165, 1.54) is 0 Å². The Kier molecular flexibility index (Phi) is 5.79. The summed E-state index contributed by atoms with van der Waals surface area (Å²) >= 11 is 1.14. The minimum Gasteiger partial charge on any atom is -0.492 e. The lowest BCUT2D eigenvalue weighted by molar-refractivity contribution is 0.222. The van der Waals surface area contributed by atoms with Crippen LogP contribution in [-0.2, 0) is 29.9 Å². The number of nitrogens with zero attached hydrogens (tertiary/aromatic N) is 5. The van der Waals surface area contributed by atoms with Gasteiger partial charge in [0.05, 0.1) is 12.3 Å². The minimum atomic E-state index is -3.67. The van der Waals surface area contributed by atoms with E-state index in [9.17, 15) is 13.2 Å². The first-order valence-electron chi connectivity index (χ1n) is 11.2. The summed E-state index contributed by atoms with van der Waals surface area (Å²) in [6, 6.07) is 0. The van der Waals surface area contributed by atoms with Gasteiger partial charge in [-0.3, -0.25) is 9.48 Å². The molecule has 10 nitrogen and oxygen atoms in total. The Labute approximate surface area is 196 Å². The van der Waals surface area contributed by atoms with Crippen LogP contribution >= 0.6 is 11.3 Å². The van der Waals surface area contributed by atoms with Gasteiger partial charge in [-0.1, -0.05) is 13.3 Å². The number of thiophene rings is 1. The highest BCUT2D eigenvalue weighted by molar-refractivity contribution is 7.91. The molecule has 0 amide bonds. The summed E-state index contributed by atoms with van der Waals surface area (Å²) in [6.45, 7) is 4.86. The monoisotopic (exact) mass is 492 g/mol. The molecule has 0 aromatic carbocycles. The van der Waals surface area contributed by atoms with Crippen LogP contribution in [0.5, 0.6) is 5.75 Å². The van der Waals surface area contributed by atoms with E-state index in [1.807, 2.05) is 14.0 Å². The van der Waals surface area contributed by atoms with Gasteiger partial charge in [0.25, 0.3) is 15.6 Å². The molecule has 0 unspecified atom stereocenters. The van der Waals surface area contributed by atoms with E-state index in [-0.39, 0.29) is 5.56 Å². The molecule has 33 heavy (non-hydrogen) atoms. The normalized spacial score (nSPS) is 17.9. The number of sulfonamides is 1. The van der Waals surface area contributed by atoms with Gasteiger partial charge in [-0.2, -0.15) is 9.40 Å². The van der Waals surface area contributed by atoms with Gasteiger partial charge in [-0.15, -0.1) is 11.3 Å². The smallest absolute Gasteiger partial charge is 0.277 e. The van der Waals surface area contributed by atoms with Gasteiger partial charge in [0.2, 0.25) is 0 Å². The third-order valence-corrected chi connectivity index (χ3v) is 9.90. The molecule has 0 radical (unpaired) electrons. The van der Waals surface area contributed by atoms with Crippen molar-refractivity contribution in [3.05, 3.63) is 21.6 Å². The Morgan fingerprint density at radius 3 is 2.67 bits per heavy atom. The largest absolute Gasteiger partial charge is 0.492 e. The van der Waals surface area contributed by atoms with Gasteiger partial charge in [-0.25, -0.2) is 13.4 Å². The molecule has 3 aromatic rings. The first kappa shape index (κ1) is 22.5. The number of aromatic amines is 1. The first-order valence-corrected chi connectivity index (χ1v) is 13.5. The summed E-state index contributed by atoms with van der Waals surface area (Å²) in [5, 5.41) is 4.47. The number of nitrogens with one attached hydrogen (secondary N) is 1. The molecule has 2 aliphatic heterocycles. The number of aromatic nitrogens is 4. The molecule has 12 heteroatoms. The second-order valence-electron chi connectivity index (χ2n) is 8.62. The van der Waals surface area contributed by atoms with Crippen LogP contribution in [0.4, 0.5) is 0 Å². The summed E-state index contributed by atoms with van der Waals surface area (Å²) in [5.41, 5.74) is 2.13. The predicted molar refractivity (Wildman–Crippen MR) is 127 cm³/mol. The van der Waals surface area contributed by atoms with Gasteiger partial charge >= 0.3 is 0 Å². The minimum absolute atomic E-state index is 0.297. The van der Waals surface area contributed by atoms with E-state index in [1.54, 1.807) is 16.0 Å². The van der Waals surface area contributed by atoms with Crippen LogP contribution in [0.3, 0.4) is 0 Å². The second kappa shape index (κ2) is 8.49. The van der Waals surface area contributed by atoms with Crippen LogP contribution in [0.15, 0.2) is 9.00 Å². The molecule has 0 saturated carbocycles. The maximum atomic E-state index is 13.6. The standard InChI is InChI=1S/C21H28N6O4S2/c1-4-6-14-15-16(26(3)24-14)20(28)23-19(22-15)18-17-13(7-5-12-31-17)21(32-18)33(29,30)27-10-8-25(2)9-11-27/h4-12H2,1-3H3,(H,22,23,28). The molecule has 0 spiro atoms. The average molecular weight is 493 g/mol. The molecule has 0 atom stereocenters. The van der Waals surface area contributed by atoms with E-state index in [0.717, 1.165) is 29.9 Å². The SMILES string of the molecule is CCCc1nn(C)c2c(=O)[nH]c(-c3sc(S(=O)(=O)N4CCN(C)CC4)c4c3OCCC4)nc12. The highest BCUT2D eigenvalue weighted by Gasteiger charge is 2.36. The van der Waals surface area contributed by atoms with Crippen molar-refractivity contribution in [2.24, 2.45) is 7.05 Å². The number of rotatable bonds is 5. The number of hydrogen-bond acceptors (Lipinski definition) is 8. The van der Waals surface area contributed by atoms with E-state index in [4.69, 9.17) is 9.72 Å². The highest BCUT2D eigenvalue weighted by Crippen LogP contribution is 2.46. The maximum Gasteiger partial charge on any atom is 0.277 e. The Morgan fingerprint density at radius 1 is 1.18 bits per heavy atom. The van der Waals surface area contributed by atoms with Crippen molar-refractivity contribution in [2.75, 3.05) is 39.8 Å². The quantitative estimate of drug-likeness (QED) is 0.575. The molecule has 0 aliphatic carbocycles. The predicted octanol–water partition coefficient (Wildman–Crippen LogP) is 1.60. The van der Waals surface area contributed by atoms with Gasteiger partial charge in [0, 0.05) is 38.8 Å². The molecule has 178 valence electrons. The van der Waals surface area contributed by atoms with Crippen LogP contribution in [0.1, 0.15) is 31.0 Å². The van der Waals surface area contributed by atoms with Crippen LogP contribution in [-0.4, -0.2) is 77.2 Å². The average Bonchev–Trinajstić information content (AvgIpc) is 3.33. The third kappa shape index (κ3) is 3.78. The summed E-state index contributed by atoms with van der Waals surface area (Å²) < 4.78 is 36.6. The lowest BCUT2D eigenvalue weighted by Crippen LogP contribution is -2.47. The molecular formula is C21H28N6O4S2. The molecular weight excluding hydrogens is 464 g/mol. The number of H-pyrrole nitrogens is 1. The molecule has 1 N–H and O–H groups in total. The fourth-order valence-corrected chi connectivity index (χ4v) is 7.83. The molecule has 3 aromatic heterocycles. The van der Waals surface area contributed by atoms with Crippen LogP contribution in [0.25, 0.3) is 21.7 Å². The topological polar surface area (TPSA) is 113 Å². The fraction of sp³-hybridized carbons (Fsp3) is 0.571. The van der Waals surface area contributed by atoms with Crippen molar-refractivity contribution in [3.8, 4) is 16.5 Å². The zero-order chi connectivity index (χ0) is 23.3. The van der Waals surface area contributed by atoms with Gasteiger partial charge < -0.3 is 14.6 Å². The number of piperazine rings is 1. The summed E-state index contributed by atoms with van der Waals surface area (Å²) in [7, 11) is 0.0530. The number of ether oxygens (including phenoxy) is 1. The summed E-state index contributed by atoms with van der Waals surface area (Å²) in [6.07, 6.45) is 2.95. The lowest BCUT2D eigenvalue weighted by Gasteiger charge is -2.31. The maximum absolute atomic E-state index is 13.6. The highest BCUT2D eigenvalue weighted by atomic mass is 32.2. The summed E-state index contributed by atoms with van der Waals surface area (Å²) in [5.74, 6) is 0.864. The van der Waals surface area contributed by atoms with E-state index in [0.29, 0.717) is 82.9 Å². The Balaban J connectivity index is 1.66. The third-order valence-electron chi connectivity index (χ3n) is 6.24. The van der Waals surface area contributed by atoms with Gasteiger partial charge in [0.15, 0.2) is 11.3 Å². The molecule has 1 saturated heterocycles. The van der Waals surface area contributed by atoms with Crippen molar-refractivity contribution in [2.45, 2.75) is 36.8 Å². The molecule has 2 aliphatic rings. The molecule has 0 bridgehead atoms. The Morgan fingerprint density at radius 2 is 1.94 bits per heavy atom. The van der Waals surface area contributed by atoms with Crippen LogP contribution < -0.4 is 10.3 Å². The van der Waals surface area contributed by atoms with Gasteiger partial charge in [0.1, 0.15) is 20.4 Å². The van der Waals surface area contributed by atoms with Crippen LogP contribution in [0, 0.1) is 0 Å². The van der Waals surface area contributed by atoms with Crippen molar-refractivity contribution in [1.82, 2.24) is 29.0 Å². The zero-order valence-corrected chi connectivity index (χ0v) is 20.7.